The van der Waals surface area contributed by atoms with Gasteiger partial charge in [0.15, 0.2) is 0 Å². The molecule has 0 saturated heterocycles. The van der Waals surface area contributed by atoms with Crippen LogP contribution in [-0.2, 0) is 9.47 Å². The third-order valence-electron chi connectivity index (χ3n) is 3.41. The fraction of sp³-hybridized carbons (Fsp3) is 0.188. The molecule has 4 nitrogen and oxygen atoms in total. The summed E-state index contributed by atoms with van der Waals surface area (Å²) in [6.45, 7) is 0. The summed E-state index contributed by atoms with van der Waals surface area (Å²) in [5, 5.41) is 10.9. The maximum Gasteiger partial charge on any atom is 0.206 e. The molecule has 0 amide bonds. The first-order valence-electron chi connectivity index (χ1n) is 6.21. The van der Waals surface area contributed by atoms with Crippen molar-refractivity contribution in [2.45, 2.75) is 6.10 Å². The summed E-state index contributed by atoms with van der Waals surface area (Å²) in [7, 11) is 3.23. The Morgan fingerprint density at radius 1 is 1.25 bits per heavy atom. The van der Waals surface area contributed by atoms with Crippen LogP contribution in [0.5, 0.6) is 5.75 Å². The number of methoxy groups -OCH3 is 2. The van der Waals surface area contributed by atoms with Crippen LogP contribution in [0.15, 0.2) is 42.2 Å². The van der Waals surface area contributed by atoms with Gasteiger partial charge >= 0.3 is 0 Å². The van der Waals surface area contributed by atoms with Crippen molar-refractivity contribution in [2.24, 2.45) is 0 Å². The lowest BCUT2D eigenvalue weighted by atomic mass is 9.95. The van der Waals surface area contributed by atoms with Gasteiger partial charge < -0.3 is 14.2 Å². The molecule has 1 aliphatic carbocycles. The molecule has 0 bridgehead atoms. The van der Waals surface area contributed by atoms with Gasteiger partial charge in [-0.1, -0.05) is 12.1 Å². The fourth-order valence-corrected chi connectivity index (χ4v) is 2.56. The second-order valence-electron chi connectivity index (χ2n) is 4.40. The molecule has 0 fully saturated rings. The van der Waals surface area contributed by atoms with Crippen LogP contribution in [0, 0.1) is 11.3 Å². The van der Waals surface area contributed by atoms with Gasteiger partial charge in [0.2, 0.25) is 5.76 Å². The molecular formula is C16H13NO3. The van der Waals surface area contributed by atoms with Crippen LogP contribution in [0.2, 0.25) is 0 Å². The van der Waals surface area contributed by atoms with E-state index in [-0.39, 0.29) is 6.10 Å². The van der Waals surface area contributed by atoms with E-state index in [2.05, 4.69) is 6.07 Å². The lowest BCUT2D eigenvalue weighted by Crippen LogP contribution is -2.40. The fourth-order valence-electron chi connectivity index (χ4n) is 2.56. The van der Waals surface area contributed by atoms with Crippen LogP contribution in [0.3, 0.4) is 0 Å². The second kappa shape index (κ2) is 4.78. The van der Waals surface area contributed by atoms with E-state index in [0.29, 0.717) is 11.5 Å². The topological polar surface area (TPSA) is 51.5 Å². The quantitative estimate of drug-likeness (QED) is 0.801. The molecule has 0 saturated carbocycles. The SMILES string of the molecule is COC1=CC=CC2OC(C#N)=c3cccc(OC)c3=C12. The molecule has 1 heterocycles. The summed E-state index contributed by atoms with van der Waals surface area (Å²) in [6, 6.07) is 7.67. The third-order valence-corrected chi connectivity index (χ3v) is 3.41. The van der Waals surface area contributed by atoms with Gasteiger partial charge in [-0.3, -0.25) is 0 Å². The molecule has 4 heteroatoms. The zero-order valence-electron chi connectivity index (χ0n) is 11.2. The van der Waals surface area contributed by atoms with Crippen LogP contribution < -0.4 is 15.2 Å². The molecular weight excluding hydrogens is 254 g/mol. The van der Waals surface area contributed by atoms with Crippen molar-refractivity contribution in [3.63, 3.8) is 0 Å². The Balaban J connectivity index is 2.50. The van der Waals surface area contributed by atoms with Gasteiger partial charge in [0.1, 0.15) is 23.7 Å². The van der Waals surface area contributed by atoms with Crippen molar-refractivity contribution < 1.29 is 14.2 Å². The predicted molar refractivity (Wildman–Crippen MR) is 73.8 cm³/mol. The van der Waals surface area contributed by atoms with E-state index in [1.54, 1.807) is 14.2 Å². The van der Waals surface area contributed by atoms with Gasteiger partial charge in [0.25, 0.3) is 0 Å². The normalized spacial score (nSPS) is 19.2. The molecule has 0 aromatic heterocycles. The molecule has 1 aliphatic heterocycles. The van der Waals surface area contributed by atoms with Gasteiger partial charge in [0.05, 0.1) is 19.8 Å². The number of nitriles is 1. The standard InChI is InChI=1S/C16H13NO3/c1-18-11-6-3-5-10-14(9-17)20-13-8-4-7-12(19-2)16(13)15(10)11/h3-8,13H,1-2H3. The van der Waals surface area contributed by atoms with E-state index in [1.807, 2.05) is 36.4 Å². The van der Waals surface area contributed by atoms with E-state index in [4.69, 9.17) is 14.2 Å². The van der Waals surface area contributed by atoms with Crippen molar-refractivity contribution in [1.29, 1.82) is 5.26 Å². The zero-order chi connectivity index (χ0) is 14.1. The molecule has 1 aromatic rings. The minimum absolute atomic E-state index is 0.301. The van der Waals surface area contributed by atoms with Crippen LogP contribution in [0.1, 0.15) is 0 Å². The maximum atomic E-state index is 9.28. The van der Waals surface area contributed by atoms with E-state index >= 15 is 0 Å². The van der Waals surface area contributed by atoms with Crippen LogP contribution in [-0.4, -0.2) is 20.3 Å². The van der Waals surface area contributed by atoms with E-state index in [9.17, 15) is 5.26 Å². The Hall–Kier alpha value is -2.67. The lowest BCUT2D eigenvalue weighted by molar-refractivity contribution is 0.238. The number of rotatable bonds is 2. The highest BCUT2D eigenvalue weighted by Gasteiger charge is 2.28. The van der Waals surface area contributed by atoms with Gasteiger partial charge in [-0.05, 0) is 24.3 Å². The van der Waals surface area contributed by atoms with E-state index < -0.39 is 0 Å². The first-order valence-corrected chi connectivity index (χ1v) is 6.21. The molecule has 20 heavy (non-hydrogen) atoms. The first kappa shape index (κ1) is 12.4. The summed E-state index contributed by atoms with van der Waals surface area (Å²) in [6.07, 6.45) is 5.31. The minimum atomic E-state index is -0.326. The number of fused-ring (bicyclic) bond motifs is 2. The number of hydrogen-bond acceptors (Lipinski definition) is 4. The summed E-state index contributed by atoms with van der Waals surface area (Å²) in [5.74, 6) is 1.73. The molecule has 1 unspecified atom stereocenters. The molecule has 2 aliphatic rings. The number of nitrogens with zero attached hydrogens (tertiary/aromatic N) is 1. The first-order chi connectivity index (χ1) is 9.80. The van der Waals surface area contributed by atoms with Crippen LogP contribution >= 0.6 is 0 Å². The largest absolute Gasteiger partial charge is 0.496 e. The summed E-state index contributed by atoms with van der Waals surface area (Å²) in [5.41, 5.74) is 0.890. The van der Waals surface area contributed by atoms with Crippen molar-refractivity contribution in [3.05, 3.63) is 52.6 Å². The van der Waals surface area contributed by atoms with Crippen LogP contribution in [0.25, 0.3) is 11.3 Å². The summed E-state index contributed by atoms with van der Waals surface area (Å²) >= 11 is 0. The number of hydrogen-bond donors (Lipinski definition) is 0. The predicted octanol–water partition coefficient (Wildman–Crippen LogP) is 0.977. The maximum absolute atomic E-state index is 9.28. The number of benzene rings is 1. The van der Waals surface area contributed by atoms with Crippen molar-refractivity contribution >= 4 is 11.3 Å². The Kier molecular flexibility index (Phi) is 2.96. The molecule has 0 spiro atoms. The van der Waals surface area contributed by atoms with Gasteiger partial charge in [-0.25, -0.2) is 0 Å². The van der Waals surface area contributed by atoms with Gasteiger partial charge in [-0.2, -0.15) is 5.26 Å². The van der Waals surface area contributed by atoms with Crippen molar-refractivity contribution in [3.8, 4) is 11.8 Å². The smallest absolute Gasteiger partial charge is 0.206 e. The van der Waals surface area contributed by atoms with Gasteiger partial charge in [-0.15, -0.1) is 0 Å². The highest BCUT2D eigenvalue weighted by atomic mass is 16.5. The van der Waals surface area contributed by atoms with Gasteiger partial charge in [0, 0.05) is 10.4 Å². The van der Waals surface area contributed by atoms with Crippen molar-refractivity contribution in [2.75, 3.05) is 14.2 Å². The lowest BCUT2D eigenvalue weighted by Gasteiger charge is -2.26. The molecule has 3 rings (SSSR count). The zero-order valence-corrected chi connectivity index (χ0v) is 11.2. The Morgan fingerprint density at radius 3 is 2.80 bits per heavy atom. The van der Waals surface area contributed by atoms with Crippen molar-refractivity contribution in [1.82, 2.24) is 0 Å². The number of ether oxygens (including phenoxy) is 3. The molecule has 100 valence electrons. The highest BCUT2D eigenvalue weighted by molar-refractivity contribution is 5.75. The average molecular weight is 267 g/mol. The minimum Gasteiger partial charge on any atom is -0.496 e. The van der Waals surface area contributed by atoms with E-state index in [0.717, 1.165) is 21.8 Å². The highest BCUT2D eigenvalue weighted by Crippen LogP contribution is 2.27. The monoisotopic (exact) mass is 267 g/mol. The number of allylic oxidation sites excluding steroid dienone is 2. The van der Waals surface area contributed by atoms with E-state index in [1.165, 1.54) is 0 Å². The molecule has 1 atom stereocenters. The Bertz CT molecular complexity index is 781. The summed E-state index contributed by atoms with van der Waals surface area (Å²) in [4.78, 5) is 0. The second-order valence-corrected chi connectivity index (χ2v) is 4.40. The third kappa shape index (κ3) is 1.68. The molecule has 0 radical (unpaired) electrons. The molecule has 0 N–H and O–H groups in total. The Labute approximate surface area is 116 Å². The average Bonchev–Trinajstić information content (AvgIpc) is 2.52. The van der Waals surface area contributed by atoms with Crippen LogP contribution in [0.4, 0.5) is 0 Å². The molecule has 1 aromatic carbocycles. The Morgan fingerprint density at radius 2 is 2.10 bits per heavy atom. The summed E-state index contributed by atoms with van der Waals surface area (Å²) < 4.78 is 16.6.